The molecule has 2 aromatic rings. The average molecular weight is 428 g/mol. The molecule has 0 saturated carbocycles. The van der Waals surface area contributed by atoms with Crippen LogP contribution in [0.3, 0.4) is 0 Å². The molecule has 0 spiro atoms. The van der Waals surface area contributed by atoms with Gasteiger partial charge in [-0.25, -0.2) is 0 Å². The molecule has 0 amide bonds. The predicted octanol–water partition coefficient (Wildman–Crippen LogP) is 5.80. The molecule has 0 bridgehead atoms. The average Bonchev–Trinajstić information content (AvgIpc) is 3.10. The lowest BCUT2D eigenvalue weighted by Crippen LogP contribution is -2.37. The largest absolute Gasteiger partial charge is 0.489 e. The van der Waals surface area contributed by atoms with Crippen molar-refractivity contribution in [2.24, 2.45) is 0 Å². The number of halogens is 3. The zero-order valence-electron chi connectivity index (χ0n) is 15.5. The van der Waals surface area contributed by atoms with Crippen molar-refractivity contribution in [3.63, 3.8) is 0 Å². The van der Waals surface area contributed by atoms with Crippen LogP contribution in [0.2, 0.25) is 15.1 Å². The molecular formula is C21H25Cl3N2O. The highest BCUT2D eigenvalue weighted by Crippen LogP contribution is 2.26. The molecule has 1 N–H and O–H groups in total. The summed E-state index contributed by atoms with van der Waals surface area (Å²) in [5.74, 6) is 0.816. The summed E-state index contributed by atoms with van der Waals surface area (Å²) < 4.78 is 6.03. The van der Waals surface area contributed by atoms with Crippen LogP contribution in [0.1, 0.15) is 30.9 Å². The van der Waals surface area contributed by atoms with Gasteiger partial charge in [0.05, 0.1) is 0 Å². The molecule has 0 radical (unpaired) electrons. The maximum absolute atomic E-state index is 6.24. The Labute approximate surface area is 176 Å². The Hall–Kier alpha value is -0.970. The van der Waals surface area contributed by atoms with Crippen molar-refractivity contribution >= 4 is 34.8 Å². The molecule has 2 aromatic carbocycles. The molecule has 146 valence electrons. The fourth-order valence-electron chi connectivity index (χ4n) is 3.54. The zero-order valence-corrected chi connectivity index (χ0v) is 17.7. The third-order valence-electron chi connectivity index (χ3n) is 5.02. The predicted molar refractivity (Wildman–Crippen MR) is 114 cm³/mol. The van der Waals surface area contributed by atoms with Crippen LogP contribution in [-0.2, 0) is 13.2 Å². The normalized spacial score (nSPS) is 17.4. The van der Waals surface area contributed by atoms with Gasteiger partial charge in [-0.3, -0.25) is 4.90 Å². The van der Waals surface area contributed by atoms with Gasteiger partial charge in [0.15, 0.2) is 0 Å². The van der Waals surface area contributed by atoms with Gasteiger partial charge in [-0.1, -0.05) is 47.8 Å². The second-order valence-electron chi connectivity index (χ2n) is 6.83. The summed E-state index contributed by atoms with van der Waals surface area (Å²) in [5, 5.41) is 5.50. The van der Waals surface area contributed by atoms with Crippen molar-refractivity contribution in [3.8, 4) is 5.75 Å². The lowest BCUT2D eigenvalue weighted by molar-refractivity contribution is 0.259. The standard InChI is InChI=1S/C21H25Cl3N2O/c1-2-26-9-3-4-19(26)13-25-12-16-10-17(22)7-8-21(16)27-14-15-5-6-18(23)11-20(15)24/h5-8,10-11,19,25H,2-4,9,12-14H2,1H3/t19-/m1/s1. The number of rotatable bonds is 8. The number of hydrogen-bond acceptors (Lipinski definition) is 3. The monoisotopic (exact) mass is 426 g/mol. The van der Waals surface area contributed by atoms with Gasteiger partial charge in [0.25, 0.3) is 0 Å². The van der Waals surface area contributed by atoms with E-state index in [1.54, 1.807) is 6.07 Å². The number of likely N-dealkylation sites (N-methyl/N-ethyl adjacent to an activating group) is 1. The summed E-state index contributed by atoms with van der Waals surface area (Å²) >= 11 is 18.4. The first-order valence-corrected chi connectivity index (χ1v) is 10.5. The Morgan fingerprint density at radius 3 is 2.63 bits per heavy atom. The van der Waals surface area contributed by atoms with E-state index in [4.69, 9.17) is 39.5 Å². The second-order valence-corrected chi connectivity index (χ2v) is 8.11. The fraction of sp³-hybridized carbons (Fsp3) is 0.429. The topological polar surface area (TPSA) is 24.5 Å². The fourth-order valence-corrected chi connectivity index (χ4v) is 4.20. The third kappa shape index (κ3) is 5.75. The molecule has 1 aliphatic rings. The smallest absolute Gasteiger partial charge is 0.124 e. The van der Waals surface area contributed by atoms with E-state index in [1.165, 1.54) is 19.4 Å². The molecule has 0 aliphatic carbocycles. The van der Waals surface area contributed by atoms with E-state index in [-0.39, 0.29) is 0 Å². The summed E-state index contributed by atoms with van der Waals surface area (Å²) in [6, 6.07) is 11.8. The minimum absolute atomic E-state index is 0.386. The molecule has 1 heterocycles. The van der Waals surface area contributed by atoms with Crippen LogP contribution < -0.4 is 10.1 Å². The highest BCUT2D eigenvalue weighted by molar-refractivity contribution is 6.35. The summed E-state index contributed by atoms with van der Waals surface area (Å²) in [7, 11) is 0. The zero-order chi connectivity index (χ0) is 19.2. The Morgan fingerprint density at radius 2 is 1.85 bits per heavy atom. The van der Waals surface area contributed by atoms with Gasteiger partial charge in [0.2, 0.25) is 0 Å². The van der Waals surface area contributed by atoms with Gasteiger partial charge in [0.1, 0.15) is 12.4 Å². The van der Waals surface area contributed by atoms with Crippen LogP contribution in [-0.4, -0.2) is 30.6 Å². The van der Waals surface area contributed by atoms with Crippen molar-refractivity contribution in [3.05, 3.63) is 62.6 Å². The number of benzene rings is 2. The highest BCUT2D eigenvalue weighted by atomic mass is 35.5. The quantitative estimate of drug-likeness (QED) is 0.576. The van der Waals surface area contributed by atoms with E-state index in [9.17, 15) is 0 Å². The second kappa shape index (κ2) is 9.99. The molecule has 3 nitrogen and oxygen atoms in total. The molecule has 1 atom stereocenters. The van der Waals surface area contributed by atoms with Crippen LogP contribution in [0.4, 0.5) is 0 Å². The van der Waals surface area contributed by atoms with E-state index in [1.807, 2.05) is 30.3 Å². The number of nitrogens with zero attached hydrogens (tertiary/aromatic N) is 1. The minimum atomic E-state index is 0.386. The lowest BCUT2D eigenvalue weighted by atomic mass is 10.1. The summed E-state index contributed by atoms with van der Waals surface area (Å²) in [5.41, 5.74) is 1.95. The summed E-state index contributed by atoms with van der Waals surface area (Å²) in [6.07, 6.45) is 2.54. The van der Waals surface area contributed by atoms with Gasteiger partial charge in [-0.2, -0.15) is 0 Å². The summed E-state index contributed by atoms with van der Waals surface area (Å²) in [4.78, 5) is 2.53. The molecule has 1 saturated heterocycles. The van der Waals surface area contributed by atoms with Crippen molar-refractivity contribution in [1.29, 1.82) is 0 Å². The van der Waals surface area contributed by atoms with Gasteiger partial charge in [0, 0.05) is 45.3 Å². The SMILES string of the molecule is CCN1CCC[C@@H]1CNCc1cc(Cl)ccc1OCc1ccc(Cl)cc1Cl. The van der Waals surface area contributed by atoms with Crippen LogP contribution in [0.15, 0.2) is 36.4 Å². The Kier molecular flexibility index (Phi) is 7.68. The number of likely N-dealkylation sites (tertiary alicyclic amines) is 1. The molecule has 6 heteroatoms. The Balaban J connectivity index is 1.60. The van der Waals surface area contributed by atoms with E-state index in [0.717, 1.165) is 36.5 Å². The number of nitrogens with one attached hydrogen (secondary N) is 1. The number of hydrogen-bond donors (Lipinski definition) is 1. The van der Waals surface area contributed by atoms with Gasteiger partial charge < -0.3 is 10.1 Å². The van der Waals surface area contributed by atoms with Gasteiger partial charge >= 0.3 is 0 Å². The van der Waals surface area contributed by atoms with Crippen LogP contribution in [0.5, 0.6) is 5.75 Å². The molecule has 3 rings (SSSR count). The maximum atomic E-state index is 6.24. The van der Waals surface area contributed by atoms with Gasteiger partial charge in [-0.15, -0.1) is 0 Å². The molecular weight excluding hydrogens is 403 g/mol. The third-order valence-corrected chi connectivity index (χ3v) is 5.84. The van der Waals surface area contributed by atoms with Crippen LogP contribution >= 0.6 is 34.8 Å². The van der Waals surface area contributed by atoms with E-state index >= 15 is 0 Å². The van der Waals surface area contributed by atoms with Gasteiger partial charge in [-0.05, 0) is 56.3 Å². The minimum Gasteiger partial charge on any atom is -0.489 e. The molecule has 1 fully saturated rings. The first-order chi connectivity index (χ1) is 13.1. The summed E-state index contributed by atoms with van der Waals surface area (Å²) in [6.45, 7) is 6.62. The maximum Gasteiger partial charge on any atom is 0.124 e. The van der Waals surface area contributed by atoms with Crippen molar-refractivity contribution in [2.75, 3.05) is 19.6 Å². The molecule has 0 aromatic heterocycles. The van der Waals surface area contributed by atoms with Crippen molar-refractivity contribution < 1.29 is 4.74 Å². The lowest BCUT2D eigenvalue weighted by Gasteiger charge is -2.23. The van der Waals surface area contributed by atoms with E-state index < -0.39 is 0 Å². The van der Waals surface area contributed by atoms with E-state index in [2.05, 4.69) is 17.1 Å². The first kappa shape index (κ1) is 20.8. The Morgan fingerprint density at radius 1 is 1.07 bits per heavy atom. The van der Waals surface area contributed by atoms with Crippen molar-refractivity contribution in [1.82, 2.24) is 10.2 Å². The molecule has 0 unspecified atom stereocenters. The van der Waals surface area contributed by atoms with Crippen LogP contribution in [0, 0.1) is 0 Å². The highest BCUT2D eigenvalue weighted by Gasteiger charge is 2.22. The Bertz CT molecular complexity index is 769. The van der Waals surface area contributed by atoms with E-state index in [0.29, 0.717) is 27.7 Å². The molecule has 27 heavy (non-hydrogen) atoms. The molecule has 1 aliphatic heterocycles. The van der Waals surface area contributed by atoms with Crippen LogP contribution in [0.25, 0.3) is 0 Å². The number of ether oxygens (including phenoxy) is 1. The van der Waals surface area contributed by atoms with Crippen molar-refractivity contribution in [2.45, 2.75) is 39.0 Å². The first-order valence-electron chi connectivity index (χ1n) is 9.36.